The predicted octanol–water partition coefficient (Wildman–Crippen LogP) is 1.17. The molecular formula is C9H17N3OS. The SMILES string of the molecule is Cc1nn(C)c(SC(C)CCO)c1N. The summed E-state index contributed by atoms with van der Waals surface area (Å²) in [7, 11) is 1.89. The van der Waals surface area contributed by atoms with Gasteiger partial charge in [-0.15, -0.1) is 11.8 Å². The molecule has 3 N–H and O–H groups in total. The zero-order chi connectivity index (χ0) is 10.7. The Labute approximate surface area is 88.5 Å². The number of aryl methyl sites for hydroxylation is 2. The van der Waals surface area contributed by atoms with E-state index in [1.807, 2.05) is 14.0 Å². The molecule has 0 saturated carbocycles. The maximum atomic E-state index is 8.79. The summed E-state index contributed by atoms with van der Waals surface area (Å²) in [5.74, 6) is 0. The first-order valence-electron chi connectivity index (χ1n) is 4.62. The largest absolute Gasteiger partial charge is 0.396 e. The molecule has 4 nitrogen and oxygen atoms in total. The summed E-state index contributed by atoms with van der Waals surface area (Å²) in [5.41, 5.74) is 7.50. The molecule has 0 aliphatic rings. The van der Waals surface area contributed by atoms with Crippen LogP contribution in [0.25, 0.3) is 0 Å². The van der Waals surface area contributed by atoms with E-state index in [-0.39, 0.29) is 6.61 Å². The van der Waals surface area contributed by atoms with E-state index in [9.17, 15) is 0 Å². The van der Waals surface area contributed by atoms with Crippen molar-refractivity contribution in [2.75, 3.05) is 12.3 Å². The highest BCUT2D eigenvalue weighted by atomic mass is 32.2. The first-order chi connectivity index (χ1) is 6.56. The minimum atomic E-state index is 0.213. The number of hydrogen-bond donors (Lipinski definition) is 2. The van der Waals surface area contributed by atoms with Gasteiger partial charge in [0.2, 0.25) is 0 Å². The summed E-state index contributed by atoms with van der Waals surface area (Å²) in [6.45, 7) is 4.18. The van der Waals surface area contributed by atoms with Gasteiger partial charge in [0.25, 0.3) is 0 Å². The minimum Gasteiger partial charge on any atom is -0.396 e. The molecule has 80 valence electrons. The monoisotopic (exact) mass is 215 g/mol. The molecular weight excluding hydrogens is 198 g/mol. The maximum absolute atomic E-state index is 8.79. The third-order valence-corrected chi connectivity index (χ3v) is 3.41. The maximum Gasteiger partial charge on any atom is 0.117 e. The van der Waals surface area contributed by atoms with Crippen LogP contribution >= 0.6 is 11.8 Å². The Morgan fingerprint density at radius 2 is 2.29 bits per heavy atom. The molecule has 1 aromatic heterocycles. The summed E-state index contributed by atoms with van der Waals surface area (Å²) in [6, 6.07) is 0. The molecule has 1 aromatic rings. The molecule has 0 radical (unpaired) electrons. The smallest absolute Gasteiger partial charge is 0.117 e. The Morgan fingerprint density at radius 1 is 1.64 bits per heavy atom. The van der Waals surface area contributed by atoms with Gasteiger partial charge < -0.3 is 10.8 Å². The number of nitrogen functional groups attached to an aromatic ring is 1. The number of thioether (sulfide) groups is 1. The average molecular weight is 215 g/mol. The first kappa shape index (κ1) is 11.4. The first-order valence-corrected chi connectivity index (χ1v) is 5.50. The van der Waals surface area contributed by atoms with E-state index in [1.165, 1.54) is 0 Å². The van der Waals surface area contributed by atoms with Gasteiger partial charge in [-0.1, -0.05) is 6.92 Å². The van der Waals surface area contributed by atoms with Crippen molar-refractivity contribution in [1.82, 2.24) is 9.78 Å². The van der Waals surface area contributed by atoms with Crippen LogP contribution in [0.15, 0.2) is 5.03 Å². The second-order valence-electron chi connectivity index (χ2n) is 3.37. The second-order valence-corrected chi connectivity index (χ2v) is 4.80. The average Bonchev–Trinajstić information content (AvgIpc) is 2.33. The van der Waals surface area contributed by atoms with Crippen molar-refractivity contribution in [3.05, 3.63) is 5.69 Å². The fourth-order valence-corrected chi connectivity index (χ4v) is 2.30. The molecule has 0 aliphatic heterocycles. The highest BCUT2D eigenvalue weighted by Gasteiger charge is 2.13. The van der Waals surface area contributed by atoms with E-state index in [0.717, 1.165) is 22.8 Å². The third-order valence-electron chi connectivity index (χ3n) is 2.06. The Morgan fingerprint density at radius 3 is 2.71 bits per heavy atom. The number of hydrogen-bond acceptors (Lipinski definition) is 4. The van der Waals surface area contributed by atoms with Gasteiger partial charge >= 0.3 is 0 Å². The van der Waals surface area contributed by atoms with Crippen molar-refractivity contribution in [3.63, 3.8) is 0 Å². The van der Waals surface area contributed by atoms with Crippen molar-refractivity contribution in [2.24, 2.45) is 7.05 Å². The summed E-state index contributed by atoms with van der Waals surface area (Å²) in [5, 5.41) is 14.4. The van der Waals surface area contributed by atoms with Gasteiger partial charge in [0.1, 0.15) is 5.03 Å². The van der Waals surface area contributed by atoms with Crippen LogP contribution in [0.3, 0.4) is 0 Å². The predicted molar refractivity (Wildman–Crippen MR) is 59.4 cm³/mol. The number of aliphatic hydroxyl groups is 1. The molecule has 14 heavy (non-hydrogen) atoms. The van der Waals surface area contributed by atoms with Crippen molar-refractivity contribution in [2.45, 2.75) is 30.5 Å². The summed E-state index contributed by atoms with van der Waals surface area (Å²) in [6.07, 6.45) is 0.772. The zero-order valence-electron chi connectivity index (χ0n) is 8.82. The molecule has 0 amide bonds. The van der Waals surface area contributed by atoms with Gasteiger partial charge in [-0.25, -0.2) is 0 Å². The van der Waals surface area contributed by atoms with Gasteiger partial charge in [0, 0.05) is 18.9 Å². The van der Waals surface area contributed by atoms with Gasteiger partial charge in [-0.2, -0.15) is 5.10 Å². The fourth-order valence-electron chi connectivity index (χ4n) is 1.22. The van der Waals surface area contributed by atoms with Crippen LogP contribution in [-0.2, 0) is 7.05 Å². The normalized spacial score (nSPS) is 13.1. The summed E-state index contributed by atoms with van der Waals surface area (Å²) >= 11 is 1.66. The summed E-state index contributed by atoms with van der Waals surface area (Å²) in [4.78, 5) is 0. The van der Waals surface area contributed by atoms with Crippen LogP contribution in [0.4, 0.5) is 5.69 Å². The quantitative estimate of drug-likeness (QED) is 0.740. The number of nitrogens with zero attached hydrogens (tertiary/aromatic N) is 2. The van der Waals surface area contributed by atoms with E-state index in [1.54, 1.807) is 16.4 Å². The molecule has 0 aromatic carbocycles. The minimum absolute atomic E-state index is 0.213. The molecule has 0 bridgehead atoms. The lowest BCUT2D eigenvalue weighted by molar-refractivity contribution is 0.289. The number of anilines is 1. The molecule has 0 aliphatic carbocycles. The van der Waals surface area contributed by atoms with Crippen LogP contribution in [0.2, 0.25) is 0 Å². The highest BCUT2D eigenvalue weighted by Crippen LogP contribution is 2.31. The molecule has 0 spiro atoms. The van der Waals surface area contributed by atoms with Crippen LogP contribution in [0.1, 0.15) is 19.0 Å². The lowest BCUT2D eigenvalue weighted by Gasteiger charge is -2.09. The fraction of sp³-hybridized carbons (Fsp3) is 0.667. The standard InChI is InChI=1S/C9H17N3OS/c1-6(4-5-13)14-9-8(10)7(2)11-12(9)3/h6,13H,4-5,10H2,1-3H3. The zero-order valence-corrected chi connectivity index (χ0v) is 9.64. The Bertz CT molecular complexity index is 311. The van der Waals surface area contributed by atoms with E-state index in [0.29, 0.717) is 5.25 Å². The van der Waals surface area contributed by atoms with Crippen molar-refractivity contribution in [3.8, 4) is 0 Å². The molecule has 0 saturated heterocycles. The Balaban J connectivity index is 2.75. The van der Waals surface area contributed by atoms with E-state index < -0.39 is 0 Å². The van der Waals surface area contributed by atoms with Crippen molar-refractivity contribution < 1.29 is 5.11 Å². The second kappa shape index (κ2) is 4.70. The lowest BCUT2D eigenvalue weighted by atomic mass is 10.3. The van der Waals surface area contributed by atoms with Crippen molar-refractivity contribution in [1.29, 1.82) is 0 Å². The van der Waals surface area contributed by atoms with E-state index in [2.05, 4.69) is 12.0 Å². The van der Waals surface area contributed by atoms with Gasteiger partial charge in [-0.05, 0) is 13.3 Å². The van der Waals surface area contributed by atoms with E-state index >= 15 is 0 Å². The van der Waals surface area contributed by atoms with Gasteiger partial charge in [-0.3, -0.25) is 4.68 Å². The number of nitrogens with two attached hydrogens (primary N) is 1. The number of aliphatic hydroxyl groups excluding tert-OH is 1. The van der Waals surface area contributed by atoms with Crippen LogP contribution in [0, 0.1) is 6.92 Å². The molecule has 1 unspecified atom stereocenters. The third kappa shape index (κ3) is 2.42. The topological polar surface area (TPSA) is 64.1 Å². The molecule has 5 heteroatoms. The Kier molecular flexibility index (Phi) is 3.83. The van der Waals surface area contributed by atoms with Crippen LogP contribution in [0.5, 0.6) is 0 Å². The van der Waals surface area contributed by atoms with E-state index in [4.69, 9.17) is 10.8 Å². The van der Waals surface area contributed by atoms with Gasteiger partial charge in [0.15, 0.2) is 0 Å². The van der Waals surface area contributed by atoms with Gasteiger partial charge in [0.05, 0.1) is 11.4 Å². The van der Waals surface area contributed by atoms with Crippen LogP contribution < -0.4 is 5.73 Å². The summed E-state index contributed by atoms with van der Waals surface area (Å²) < 4.78 is 1.79. The molecule has 0 fully saturated rings. The Hall–Kier alpha value is -0.680. The van der Waals surface area contributed by atoms with Crippen molar-refractivity contribution >= 4 is 17.4 Å². The number of rotatable bonds is 4. The van der Waals surface area contributed by atoms with Crippen LogP contribution in [-0.4, -0.2) is 26.7 Å². The molecule has 1 atom stereocenters. The molecule has 1 heterocycles. The highest BCUT2D eigenvalue weighted by molar-refractivity contribution is 8.00. The molecule has 1 rings (SSSR count). The number of aromatic nitrogens is 2. The lowest BCUT2D eigenvalue weighted by Crippen LogP contribution is -2.03.